The van der Waals surface area contributed by atoms with Gasteiger partial charge in [-0.3, -0.25) is 0 Å². The van der Waals surface area contributed by atoms with Crippen molar-refractivity contribution < 1.29 is 0 Å². The van der Waals surface area contributed by atoms with Crippen LogP contribution in [0.2, 0.25) is 0 Å². The number of fused-ring (bicyclic) bond motifs is 2. The molecule has 0 spiro atoms. The smallest absolute Gasteiger partial charge is 0.0427 e. The predicted octanol–water partition coefficient (Wildman–Crippen LogP) is 2.67. The molecule has 0 saturated carbocycles. The second-order valence-corrected chi connectivity index (χ2v) is 5.78. The number of nitrogens with two attached hydrogens (primary N) is 1. The van der Waals surface area contributed by atoms with Crippen molar-refractivity contribution in [2.45, 2.75) is 42.4 Å². The van der Waals surface area contributed by atoms with Crippen molar-refractivity contribution in [3.8, 4) is 0 Å². The van der Waals surface area contributed by atoms with Crippen LogP contribution in [0.5, 0.6) is 0 Å². The fourth-order valence-corrected chi connectivity index (χ4v) is 3.74. The molecule has 2 N–H and O–H groups in total. The maximum atomic E-state index is 6.16. The van der Waals surface area contributed by atoms with Crippen molar-refractivity contribution >= 4 is 11.8 Å². The molecule has 3 rings (SSSR count). The van der Waals surface area contributed by atoms with E-state index in [0.29, 0.717) is 5.25 Å². The van der Waals surface area contributed by atoms with E-state index < -0.39 is 0 Å². The summed E-state index contributed by atoms with van der Waals surface area (Å²) < 4.78 is 0. The summed E-state index contributed by atoms with van der Waals surface area (Å²) in [5.41, 5.74) is 10.7. The summed E-state index contributed by atoms with van der Waals surface area (Å²) in [6, 6.07) is 4.99. The highest BCUT2D eigenvalue weighted by atomic mass is 32.2. The van der Waals surface area contributed by atoms with Gasteiger partial charge in [0.1, 0.15) is 0 Å². The molecule has 0 amide bonds. The van der Waals surface area contributed by atoms with Crippen LogP contribution in [0.15, 0.2) is 17.0 Å². The fraction of sp³-hybridized carbons (Fsp3) is 0.500. The van der Waals surface area contributed by atoms with Gasteiger partial charge in [-0.1, -0.05) is 13.0 Å². The zero-order valence-electron chi connectivity index (χ0n) is 8.42. The molecule has 1 nitrogen and oxygen atoms in total. The SMILES string of the molecule is CC1Sc2cc3c(cc2C1N)CCC3. The zero-order chi connectivity index (χ0) is 9.71. The Morgan fingerprint density at radius 2 is 2.00 bits per heavy atom. The summed E-state index contributed by atoms with van der Waals surface area (Å²) in [4.78, 5) is 1.44. The van der Waals surface area contributed by atoms with Crippen LogP contribution < -0.4 is 5.73 Å². The molecular formula is C12H15NS. The number of benzene rings is 1. The van der Waals surface area contributed by atoms with E-state index in [1.165, 1.54) is 29.7 Å². The van der Waals surface area contributed by atoms with Crippen molar-refractivity contribution in [3.05, 3.63) is 28.8 Å². The van der Waals surface area contributed by atoms with Gasteiger partial charge in [0.15, 0.2) is 0 Å². The van der Waals surface area contributed by atoms with Gasteiger partial charge < -0.3 is 5.73 Å². The zero-order valence-corrected chi connectivity index (χ0v) is 9.23. The highest BCUT2D eigenvalue weighted by Gasteiger charge is 2.28. The lowest BCUT2D eigenvalue weighted by molar-refractivity contribution is 0.723. The van der Waals surface area contributed by atoms with E-state index in [1.807, 2.05) is 11.8 Å². The number of hydrogen-bond acceptors (Lipinski definition) is 2. The Kier molecular flexibility index (Phi) is 1.89. The molecular weight excluding hydrogens is 190 g/mol. The van der Waals surface area contributed by atoms with E-state index in [2.05, 4.69) is 19.1 Å². The van der Waals surface area contributed by atoms with Gasteiger partial charge in [0.25, 0.3) is 0 Å². The molecule has 14 heavy (non-hydrogen) atoms. The van der Waals surface area contributed by atoms with Gasteiger partial charge in [-0.05, 0) is 42.0 Å². The van der Waals surface area contributed by atoms with Gasteiger partial charge >= 0.3 is 0 Å². The van der Waals surface area contributed by atoms with Crippen molar-refractivity contribution in [2.24, 2.45) is 5.73 Å². The summed E-state index contributed by atoms with van der Waals surface area (Å²) >= 11 is 1.94. The Bertz CT molecular complexity index is 386. The third kappa shape index (κ3) is 1.14. The van der Waals surface area contributed by atoms with Gasteiger partial charge in [-0.15, -0.1) is 11.8 Å². The van der Waals surface area contributed by atoms with Gasteiger partial charge in [-0.2, -0.15) is 0 Å². The maximum Gasteiger partial charge on any atom is 0.0427 e. The van der Waals surface area contributed by atoms with Crippen LogP contribution >= 0.6 is 11.8 Å². The molecule has 1 aliphatic heterocycles. The van der Waals surface area contributed by atoms with E-state index in [-0.39, 0.29) is 6.04 Å². The summed E-state index contributed by atoms with van der Waals surface area (Å²) in [6.45, 7) is 2.22. The van der Waals surface area contributed by atoms with E-state index in [9.17, 15) is 0 Å². The van der Waals surface area contributed by atoms with Crippen molar-refractivity contribution in [2.75, 3.05) is 0 Å². The first-order valence-corrected chi connectivity index (χ1v) is 6.21. The Hall–Kier alpha value is -0.470. The highest BCUT2D eigenvalue weighted by molar-refractivity contribution is 8.00. The lowest BCUT2D eigenvalue weighted by atomic mass is 10.0. The van der Waals surface area contributed by atoms with E-state index in [1.54, 1.807) is 11.1 Å². The normalized spacial score (nSPS) is 29.0. The number of thioether (sulfide) groups is 1. The number of rotatable bonds is 0. The second kappa shape index (κ2) is 3.01. The molecule has 2 aliphatic rings. The molecule has 2 atom stereocenters. The van der Waals surface area contributed by atoms with Gasteiger partial charge in [0.05, 0.1) is 0 Å². The lowest BCUT2D eigenvalue weighted by Gasteiger charge is -2.09. The van der Waals surface area contributed by atoms with Crippen molar-refractivity contribution in [1.29, 1.82) is 0 Å². The molecule has 0 radical (unpaired) electrons. The molecule has 2 heteroatoms. The van der Waals surface area contributed by atoms with Crippen LogP contribution in [0.3, 0.4) is 0 Å². The quantitative estimate of drug-likeness (QED) is 0.704. The molecule has 0 fully saturated rings. The first-order chi connectivity index (χ1) is 6.75. The van der Waals surface area contributed by atoms with Crippen LogP contribution in [0.25, 0.3) is 0 Å². The monoisotopic (exact) mass is 205 g/mol. The predicted molar refractivity (Wildman–Crippen MR) is 60.7 cm³/mol. The average molecular weight is 205 g/mol. The summed E-state index contributed by atoms with van der Waals surface area (Å²) in [5, 5.41) is 0.549. The minimum absolute atomic E-state index is 0.251. The number of aryl methyl sites for hydroxylation is 2. The average Bonchev–Trinajstić information content (AvgIpc) is 2.70. The van der Waals surface area contributed by atoms with Gasteiger partial charge in [0, 0.05) is 16.2 Å². The Morgan fingerprint density at radius 1 is 1.29 bits per heavy atom. The first-order valence-electron chi connectivity index (χ1n) is 5.33. The van der Waals surface area contributed by atoms with Crippen LogP contribution in [0.1, 0.15) is 36.1 Å². The third-order valence-corrected chi connectivity index (χ3v) is 4.67. The molecule has 74 valence electrons. The molecule has 0 bridgehead atoms. The molecule has 1 aromatic carbocycles. The maximum absolute atomic E-state index is 6.16. The Balaban J connectivity index is 2.13. The van der Waals surface area contributed by atoms with E-state index in [4.69, 9.17) is 5.73 Å². The molecule has 1 aliphatic carbocycles. The first kappa shape index (κ1) is 8.81. The summed E-state index contributed by atoms with van der Waals surface area (Å²) in [5.74, 6) is 0. The Labute approximate surface area is 89.1 Å². The minimum Gasteiger partial charge on any atom is -0.323 e. The molecule has 1 heterocycles. The largest absolute Gasteiger partial charge is 0.323 e. The summed E-state index contributed by atoms with van der Waals surface area (Å²) in [7, 11) is 0. The Morgan fingerprint density at radius 3 is 2.79 bits per heavy atom. The van der Waals surface area contributed by atoms with Gasteiger partial charge in [0.2, 0.25) is 0 Å². The van der Waals surface area contributed by atoms with Gasteiger partial charge in [-0.25, -0.2) is 0 Å². The van der Waals surface area contributed by atoms with Crippen LogP contribution in [0.4, 0.5) is 0 Å². The van der Waals surface area contributed by atoms with E-state index >= 15 is 0 Å². The molecule has 0 aromatic heterocycles. The topological polar surface area (TPSA) is 26.0 Å². The minimum atomic E-state index is 0.251. The number of hydrogen-bond donors (Lipinski definition) is 1. The lowest BCUT2D eigenvalue weighted by Crippen LogP contribution is -2.16. The standard InChI is InChI=1S/C12H15NS/c1-7-12(13)10-5-8-3-2-4-9(8)6-11(10)14-7/h5-7,12H,2-4,13H2,1H3. The van der Waals surface area contributed by atoms with Crippen LogP contribution in [0, 0.1) is 0 Å². The molecule has 2 unspecified atom stereocenters. The molecule has 0 saturated heterocycles. The molecule has 1 aromatic rings. The van der Waals surface area contributed by atoms with Crippen molar-refractivity contribution in [1.82, 2.24) is 0 Å². The third-order valence-electron chi connectivity index (χ3n) is 3.40. The second-order valence-electron chi connectivity index (χ2n) is 4.36. The highest BCUT2D eigenvalue weighted by Crippen LogP contribution is 2.44. The van der Waals surface area contributed by atoms with Crippen LogP contribution in [-0.4, -0.2) is 5.25 Å². The van der Waals surface area contributed by atoms with E-state index in [0.717, 1.165) is 0 Å². The fourth-order valence-electron chi connectivity index (χ4n) is 2.51. The summed E-state index contributed by atoms with van der Waals surface area (Å²) in [6.07, 6.45) is 3.86. The van der Waals surface area contributed by atoms with Crippen LogP contribution in [-0.2, 0) is 12.8 Å². The van der Waals surface area contributed by atoms with Crippen molar-refractivity contribution in [3.63, 3.8) is 0 Å².